The molecular weight excluding hydrogens is 274 g/mol. The summed E-state index contributed by atoms with van der Waals surface area (Å²) < 4.78 is 10.2. The number of hydrogen-bond donors (Lipinski definition) is 2. The summed E-state index contributed by atoms with van der Waals surface area (Å²) in [5, 5.41) is 5.59. The molecule has 1 aliphatic carbocycles. The van der Waals surface area contributed by atoms with E-state index in [0.29, 0.717) is 36.3 Å². The lowest BCUT2D eigenvalue weighted by atomic mass is 10.2. The second kappa shape index (κ2) is 5.51. The van der Waals surface area contributed by atoms with Gasteiger partial charge in [-0.1, -0.05) is 0 Å². The van der Waals surface area contributed by atoms with Gasteiger partial charge in [0.1, 0.15) is 12.4 Å². The molecule has 0 unspecified atom stereocenters. The van der Waals surface area contributed by atoms with Crippen molar-refractivity contribution in [2.75, 3.05) is 30.5 Å². The highest BCUT2D eigenvalue weighted by atomic mass is 16.6. The van der Waals surface area contributed by atoms with Crippen LogP contribution in [0.5, 0.6) is 5.75 Å². The summed E-state index contributed by atoms with van der Waals surface area (Å²) >= 11 is 0. The Morgan fingerprint density at radius 1 is 1.43 bits per heavy atom. The number of cyclic esters (lactones) is 1. The highest BCUT2D eigenvalue weighted by Gasteiger charge is 2.27. The average Bonchev–Trinajstić information content (AvgIpc) is 3.18. The summed E-state index contributed by atoms with van der Waals surface area (Å²) in [6.07, 6.45) is 1.68. The maximum absolute atomic E-state index is 11.7. The van der Waals surface area contributed by atoms with Crippen molar-refractivity contribution in [1.82, 2.24) is 5.32 Å². The van der Waals surface area contributed by atoms with Crippen molar-refractivity contribution in [3.63, 3.8) is 0 Å². The third-order valence-corrected chi connectivity index (χ3v) is 3.40. The molecule has 1 saturated carbocycles. The first kappa shape index (κ1) is 13.5. The van der Waals surface area contributed by atoms with Crippen molar-refractivity contribution in [1.29, 1.82) is 0 Å². The molecule has 0 radical (unpaired) electrons. The number of anilines is 2. The van der Waals surface area contributed by atoms with Crippen molar-refractivity contribution >= 4 is 23.5 Å². The van der Waals surface area contributed by atoms with Crippen molar-refractivity contribution in [3.05, 3.63) is 18.2 Å². The van der Waals surface area contributed by atoms with E-state index in [1.165, 1.54) is 12.0 Å². The predicted octanol–water partition coefficient (Wildman–Crippen LogP) is 1.94. The summed E-state index contributed by atoms with van der Waals surface area (Å²) in [4.78, 5) is 24.8. The molecule has 0 aromatic heterocycles. The molecule has 2 fully saturated rings. The molecule has 3 rings (SSSR count). The van der Waals surface area contributed by atoms with E-state index in [1.807, 2.05) is 0 Å². The topological polar surface area (TPSA) is 79.9 Å². The quantitative estimate of drug-likeness (QED) is 0.888. The standard InChI is InChI=1S/C14H17N3O4/c1-20-12-8-10(16-13(18)15-9-2-3-9)4-5-11(12)17-6-7-21-14(17)19/h4-5,8-9H,2-3,6-7H2,1H3,(H2,15,16,18). The number of benzene rings is 1. The Kier molecular flexibility index (Phi) is 3.55. The highest BCUT2D eigenvalue weighted by molar-refractivity contribution is 5.93. The zero-order valence-corrected chi connectivity index (χ0v) is 11.7. The summed E-state index contributed by atoms with van der Waals surface area (Å²) in [5.74, 6) is 0.512. The van der Waals surface area contributed by atoms with Gasteiger partial charge in [-0.2, -0.15) is 0 Å². The first-order valence-corrected chi connectivity index (χ1v) is 6.87. The van der Waals surface area contributed by atoms with Gasteiger partial charge in [-0.25, -0.2) is 9.59 Å². The zero-order valence-electron chi connectivity index (χ0n) is 11.7. The van der Waals surface area contributed by atoms with Crippen LogP contribution in [0, 0.1) is 0 Å². The molecule has 7 nitrogen and oxygen atoms in total. The molecule has 1 heterocycles. The largest absolute Gasteiger partial charge is 0.494 e. The Bertz CT molecular complexity index is 571. The van der Waals surface area contributed by atoms with Gasteiger partial charge in [0.15, 0.2) is 0 Å². The molecule has 1 aromatic carbocycles. The number of amides is 3. The van der Waals surface area contributed by atoms with Crippen LogP contribution in [0.25, 0.3) is 0 Å². The van der Waals surface area contributed by atoms with Crippen LogP contribution in [-0.2, 0) is 4.74 Å². The maximum Gasteiger partial charge on any atom is 0.414 e. The van der Waals surface area contributed by atoms with Crippen LogP contribution in [0.1, 0.15) is 12.8 Å². The number of rotatable bonds is 4. The van der Waals surface area contributed by atoms with E-state index in [-0.39, 0.29) is 12.1 Å². The molecule has 21 heavy (non-hydrogen) atoms. The summed E-state index contributed by atoms with van der Waals surface area (Å²) in [5.41, 5.74) is 1.24. The molecule has 3 amide bonds. The Balaban J connectivity index is 1.74. The van der Waals surface area contributed by atoms with Gasteiger partial charge in [-0.3, -0.25) is 4.90 Å². The monoisotopic (exact) mass is 291 g/mol. The summed E-state index contributed by atoms with van der Waals surface area (Å²) in [7, 11) is 1.52. The third-order valence-electron chi connectivity index (χ3n) is 3.40. The van der Waals surface area contributed by atoms with Crippen LogP contribution >= 0.6 is 0 Å². The van der Waals surface area contributed by atoms with Crippen LogP contribution in [0.2, 0.25) is 0 Å². The minimum atomic E-state index is -0.388. The molecule has 0 spiro atoms. The Morgan fingerprint density at radius 3 is 2.86 bits per heavy atom. The van der Waals surface area contributed by atoms with E-state index in [2.05, 4.69) is 10.6 Å². The second-order valence-corrected chi connectivity index (χ2v) is 5.03. The van der Waals surface area contributed by atoms with E-state index in [0.717, 1.165) is 12.8 Å². The summed E-state index contributed by atoms with van der Waals surface area (Å²) in [6, 6.07) is 5.22. The SMILES string of the molecule is COc1cc(NC(=O)NC2CC2)ccc1N1CCOC1=O. The van der Waals surface area contributed by atoms with Gasteiger partial charge < -0.3 is 20.1 Å². The molecule has 0 atom stereocenters. The number of ether oxygens (including phenoxy) is 2. The van der Waals surface area contributed by atoms with Gasteiger partial charge in [0.25, 0.3) is 0 Å². The van der Waals surface area contributed by atoms with Crippen LogP contribution in [0.3, 0.4) is 0 Å². The smallest absolute Gasteiger partial charge is 0.414 e. The number of nitrogens with zero attached hydrogens (tertiary/aromatic N) is 1. The number of hydrogen-bond acceptors (Lipinski definition) is 4. The fourth-order valence-corrected chi connectivity index (χ4v) is 2.17. The van der Waals surface area contributed by atoms with Crippen molar-refractivity contribution in [2.24, 2.45) is 0 Å². The number of methoxy groups -OCH3 is 1. The minimum absolute atomic E-state index is 0.229. The van der Waals surface area contributed by atoms with Gasteiger partial charge in [-0.05, 0) is 25.0 Å². The van der Waals surface area contributed by atoms with Crippen molar-refractivity contribution < 1.29 is 19.1 Å². The van der Waals surface area contributed by atoms with Crippen LogP contribution < -0.4 is 20.3 Å². The first-order valence-electron chi connectivity index (χ1n) is 6.87. The predicted molar refractivity (Wildman–Crippen MR) is 76.9 cm³/mol. The van der Waals surface area contributed by atoms with Gasteiger partial charge in [0.05, 0.1) is 19.3 Å². The maximum atomic E-state index is 11.7. The van der Waals surface area contributed by atoms with E-state index in [4.69, 9.17) is 9.47 Å². The van der Waals surface area contributed by atoms with Gasteiger partial charge >= 0.3 is 12.1 Å². The van der Waals surface area contributed by atoms with E-state index in [1.54, 1.807) is 18.2 Å². The highest BCUT2D eigenvalue weighted by Crippen LogP contribution is 2.33. The van der Waals surface area contributed by atoms with Crippen LogP contribution in [0.15, 0.2) is 18.2 Å². The van der Waals surface area contributed by atoms with Crippen LogP contribution in [-0.4, -0.2) is 38.4 Å². The number of carbonyl (C=O) groups is 2. The van der Waals surface area contributed by atoms with Gasteiger partial charge in [0.2, 0.25) is 0 Å². The lowest BCUT2D eigenvalue weighted by Gasteiger charge is -2.17. The molecular formula is C14H17N3O4. The lowest BCUT2D eigenvalue weighted by Crippen LogP contribution is -2.30. The fourth-order valence-electron chi connectivity index (χ4n) is 2.17. The normalized spacial score (nSPS) is 17.4. The molecule has 2 N–H and O–H groups in total. The zero-order chi connectivity index (χ0) is 14.8. The Labute approximate surface area is 122 Å². The summed E-state index contributed by atoms with van der Waals surface area (Å²) in [6.45, 7) is 0.857. The molecule has 0 bridgehead atoms. The van der Waals surface area contributed by atoms with E-state index < -0.39 is 0 Å². The molecule has 7 heteroatoms. The van der Waals surface area contributed by atoms with E-state index >= 15 is 0 Å². The molecule has 112 valence electrons. The first-order chi connectivity index (χ1) is 10.2. The Hall–Kier alpha value is -2.44. The van der Waals surface area contributed by atoms with Crippen molar-refractivity contribution in [2.45, 2.75) is 18.9 Å². The fraction of sp³-hybridized carbons (Fsp3) is 0.429. The van der Waals surface area contributed by atoms with Crippen molar-refractivity contribution in [3.8, 4) is 5.75 Å². The van der Waals surface area contributed by atoms with Crippen LogP contribution in [0.4, 0.5) is 21.0 Å². The van der Waals surface area contributed by atoms with Gasteiger partial charge in [-0.15, -0.1) is 0 Å². The average molecular weight is 291 g/mol. The number of urea groups is 1. The number of nitrogens with one attached hydrogen (secondary N) is 2. The van der Waals surface area contributed by atoms with E-state index in [9.17, 15) is 9.59 Å². The second-order valence-electron chi connectivity index (χ2n) is 5.03. The third kappa shape index (κ3) is 3.01. The number of carbonyl (C=O) groups excluding carboxylic acids is 2. The molecule has 2 aliphatic rings. The van der Waals surface area contributed by atoms with Gasteiger partial charge in [0, 0.05) is 17.8 Å². The molecule has 1 aliphatic heterocycles. The minimum Gasteiger partial charge on any atom is -0.494 e. The Morgan fingerprint density at radius 2 is 2.24 bits per heavy atom. The lowest BCUT2D eigenvalue weighted by molar-refractivity contribution is 0.181. The molecule has 1 aromatic rings. The molecule has 1 saturated heterocycles.